The molecule has 2 amide bonds. The van der Waals surface area contributed by atoms with Crippen LogP contribution in [0.4, 0.5) is 4.79 Å². The van der Waals surface area contributed by atoms with Gasteiger partial charge in [0, 0.05) is 0 Å². The van der Waals surface area contributed by atoms with Gasteiger partial charge < -0.3 is 20.1 Å². The summed E-state index contributed by atoms with van der Waals surface area (Å²) in [4.78, 5) is 36.5. The van der Waals surface area contributed by atoms with E-state index in [1.54, 1.807) is 13.0 Å². The minimum absolute atomic E-state index is 0.211. The Morgan fingerprint density at radius 3 is 2.50 bits per heavy atom. The first-order chi connectivity index (χ1) is 12.4. The maximum absolute atomic E-state index is 12.4. The number of carbonyl (C=O) groups is 3. The summed E-state index contributed by atoms with van der Waals surface area (Å²) in [6.45, 7) is 7.24. The van der Waals surface area contributed by atoms with Gasteiger partial charge in [-0.1, -0.05) is 24.6 Å². The van der Waals surface area contributed by atoms with E-state index >= 15 is 0 Å². The number of amides is 2. The quantitative estimate of drug-likeness (QED) is 0.760. The van der Waals surface area contributed by atoms with E-state index in [2.05, 4.69) is 10.6 Å². The highest BCUT2D eigenvalue weighted by Gasteiger charge is 2.32. The summed E-state index contributed by atoms with van der Waals surface area (Å²) < 4.78 is 10.4. The third-order valence-corrected chi connectivity index (χ3v) is 4.11. The van der Waals surface area contributed by atoms with Crippen molar-refractivity contribution in [3.8, 4) is 0 Å². The molecule has 1 atom stereocenters. The van der Waals surface area contributed by atoms with Gasteiger partial charge in [0.1, 0.15) is 6.61 Å². The molecule has 1 aromatic rings. The molecule has 2 N–H and O–H groups in total. The molecule has 1 aromatic carbocycles. The van der Waals surface area contributed by atoms with Crippen molar-refractivity contribution in [2.45, 2.75) is 40.2 Å². The molecule has 0 unspecified atom stereocenters. The van der Waals surface area contributed by atoms with E-state index < -0.39 is 24.0 Å². The fraction of sp³-hybridized carbons (Fsp3) is 0.421. The van der Waals surface area contributed by atoms with Crippen LogP contribution in [0.5, 0.6) is 0 Å². The highest BCUT2D eigenvalue weighted by atomic mass is 16.5. The van der Waals surface area contributed by atoms with Crippen molar-refractivity contribution in [1.82, 2.24) is 10.6 Å². The van der Waals surface area contributed by atoms with Gasteiger partial charge >= 0.3 is 18.0 Å². The minimum atomic E-state index is -0.537. The second-order valence-corrected chi connectivity index (χ2v) is 6.07. The van der Waals surface area contributed by atoms with E-state index in [0.717, 1.165) is 11.1 Å². The van der Waals surface area contributed by atoms with Gasteiger partial charge in [-0.2, -0.15) is 0 Å². The smallest absolute Gasteiger partial charge is 0.338 e. The monoisotopic (exact) mass is 360 g/mol. The van der Waals surface area contributed by atoms with Crippen molar-refractivity contribution in [1.29, 1.82) is 0 Å². The van der Waals surface area contributed by atoms with Crippen LogP contribution in [-0.2, 0) is 14.3 Å². The Hall–Kier alpha value is -2.83. The largest absolute Gasteiger partial charge is 0.463 e. The summed E-state index contributed by atoms with van der Waals surface area (Å²) >= 11 is 0. The van der Waals surface area contributed by atoms with E-state index in [0.29, 0.717) is 12.0 Å². The maximum Gasteiger partial charge on any atom is 0.338 e. The normalized spacial score (nSPS) is 16.6. The summed E-state index contributed by atoms with van der Waals surface area (Å²) in [6, 6.07) is 4.56. The molecular weight excluding hydrogens is 336 g/mol. The molecule has 2 rings (SSSR count). The van der Waals surface area contributed by atoms with Crippen LogP contribution in [0, 0.1) is 13.8 Å². The number of rotatable bonds is 6. The molecule has 0 bridgehead atoms. The Balaban J connectivity index is 2.24. The van der Waals surface area contributed by atoms with E-state index in [9.17, 15) is 14.4 Å². The van der Waals surface area contributed by atoms with Crippen LogP contribution in [0.25, 0.3) is 0 Å². The van der Waals surface area contributed by atoms with Crippen molar-refractivity contribution >= 4 is 18.0 Å². The van der Waals surface area contributed by atoms with E-state index in [1.807, 2.05) is 32.9 Å². The summed E-state index contributed by atoms with van der Waals surface area (Å²) in [6.07, 6.45) is 0.510. The average Bonchev–Trinajstić information content (AvgIpc) is 2.61. The highest BCUT2D eigenvalue weighted by Crippen LogP contribution is 2.18. The van der Waals surface area contributed by atoms with Gasteiger partial charge in [-0.3, -0.25) is 0 Å². The molecule has 7 heteroatoms. The summed E-state index contributed by atoms with van der Waals surface area (Å²) in [7, 11) is 0. The predicted molar refractivity (Wildman–Crippen MR) is 95.6 cm³/mol. The predicted octanol–water partition coefficient (Wildman–Crippen LogP) is 2.37. The fourth-order valence-electron chi connectivity index (χ4n) is 2.75. The number of esters is 2. The van der Waals surface area contributed by atoms with Crippen LogP contribution in [0.2, 0.25) is 0 Å². The van der Waals surface area contributed by atoms with E-state index in [4.69, 9.17) is 9.47 Å². The van der Waals surface area contributed by atoms with E-state index in [1.165, 1.54) is 0 Å². The molecule has 0 aliphatic carbocycles. The lowest BCUT2D eigenvalue weighted by Gasteiger charge is -2.28. The Morgan fingerprint density at radius 1 is 1.12 bits per heavy atom. The van der Waals surface area contributed by atoms with Gasteiger partial charge in [0.25, 0.3) is 0 Å². The number of urea groups is 1. The van der Waals surface area contributed by atoms with Crippen molar-refractivity contribution in [2.24, 2.45) is 0 Å². The van der Waals surface area contributed by atoms with Gasteiger partial charge in [0.05, 0.1) is 29.5 Å². The summed E-state index contributed by atoms with van der Waals surface area (Å²) in [5.74, 6) is -1.05. The second kappa shape index (κ2) is 8.51. The lowest BCUT2D eigenvalue weighted by atomic mass is 10.0. The maximum atomic E-state index is 12.4. The molecule has 1 aliphatic rings. The number of ether oxygens (including phenoxy) is 2. The van der Waals surface area contributed by atoms with Gasteiger partial charge in [-0.25, -0.2) is 14.4 Å². The zero-order chi connectivity index (χ0) is 19.3. The molecule has 1 aliphatic heterocycles. The lowest BCUT2D eigenvalue weighted by molar-refractivity contribution is -0.139. The number of aryl methyl sites for hydroxylation is 2. The lowest BCUT2D eigenvalue weighted by Crippen LogP contribution is -2.51. The Bertz CT molecular complexity index is 754. The number of hydrogen-bond acceptors (Lipinski definition) is 5. The molecule has 140 valence electrons. The first-order valence-electron chi connectivity index (χ1n) is 8.59. The number of carbonyl (C=O) groups excluding carboxylic acids is 3. The average molecular weight is 360 g/mol. The first kappa shape index (κ1) is 19.5. The number of benzene rings is 1. The second-order valence-electron chi connectivity index (χ2n) is 6.07. The van der Waals surface area contributed by atoms with Crippen molar-refractivity contribution in [3.63, 3.8) is 0 Å². The highest BCUT2D eigenvalue weighted by molar-refractivity contribution is 5.95. The van der Waals surface area contributed by atoms with Gasteiger partial charge in [-0.15, -0.1) is 0 Å². The first-order valence-corrected chi connectivity index (χ1v) is 8.59. The van der Waals surface area contributed by atoms with Crippen LogP contribution in [0.3, 0.4) is 0 Å². The fourth-order valence-corrected chi connectivity index (χ4v) is 2.75. The standard InChI is InChI=1S/C19H24N2O5/c1-5-14-16(18(23)25-6-2)15(21-19(24)20-14)10-26-17(22)13-9-11(3)7-8-12(13)4/h7-9,14H,5-6,10H2,1-4H3,(H2,20,21,24)/t14-/m0/s1. The third-order valence-electron chi connectivity index (χ3n) is 4.11. The molecule has 0 saturated heterocycles. The molecule has 0 aromatic heterocycles. The molecule has 0 saturated carbocycles. The molecule has 26 heavy (non-hydrogen) atoms. The molecule has 0 radical (unpaired) electrons. The van der Waals surface area contributed by atoms with Gasteiger partial charge in [0.2, 0.25) is 0 Å². The molecular formula is C19H24N2O5. The Morgan fingerprint density at radius 2 is 1.85 bits per heavy atom. The molecule has 7 nitrogen and oxygen atoms in total. The molecule has 1 heterocycles. The van der Waals surface area contributed by atoms with Crippen molar-refractivity contribution in [2.75, 3.05) is 13.2 Å². The van der Waals surface area contributed by atoms with Crippen molar-refractivity contribution < 1.29 is 23.9 Å². The van der Waals surface area contributed by atoms with E-state index in [-0.39, 0.29) is 24.5 Å². The number of nitrogens with one attached hydrogen (secondary N) is 2. The van der Waals surface area contributed by atoms with Crippen LogP contribution in [-0.4, -0.2) is 37.2 Å². The van der Waals surface area contributed by atoms with Crippen LogP contribution >= 0.6 is 0 Å². The SMILES string of the molecule is CCOC(=O)C1=C(COC(=O)c2cc(C)ccc2C)NC(=O)N[C@H]1CC. The van der Waals surface area contributed by atoms with Crippen LogP contribution in [0.15, 0.2) is 29.5 Å². The Kier molecular flexibility index (Phi) is 6.38. The molecule has 0 spiro atoms. The van der Waals surface area contributed by atoms with Crippen molar-refractivity contribution in [3.05, 3.63) is 46.2 Å². The Labute approximate surface area is 152 Å². The van der Waals surface area contributed by atoms with Gasteiger partial charge in [-0.05, 0) is 38.8 Å². The molecule has 0 fully saturated rings. The topological polar surface area (TPSA) is 93.7 Å². The van der Waals surface area contributed by atoms with Gasteiger partial charge in [0.15, 0.2) is 0 Å². The third kappa shape index (κ3) is 4.41. The van der Waals surface area contributed by atoms with Crippen LogP contribution in [0.1, 0.15) is 41.8 Å². The van der Waals surface area contributed by atoms with Crippen LogP contribution < -0.4 is 10.6 Å². The zero-order valence-electron chi connectivity index (χ0n) is 15.5. The summed E-state index contributed by atoms with van der Waals surface area (Å²) in [5, 5.41) is 5.23. The number of hydrogen-bond donors (Lipinski definition) is 2. The minimum Gasteiger partial charge on any atom is -0.463 e. The summed E-state index contributed by atoms with van der Waals surface area (Å²) in [5.41, 5.74) is 2.71. The zero-order valence-corrected chi connectivity index (χ0v) is 15.5.